The Labute approximate surface area is 102 Å². The zero-order valence-electron chi connectivity index (χ0n) is 10.4. The van der Waals surface area contributed by atoms with Crippen LogP contribution in [0.2, 0.25) is 0 Å². The van der Waals surface area contributed by atoms with Crippen LogP contribution in [0.25, 0.3) is 0 Å². The predicted octanol–water partition coefficient (Wildman–Crippen LogP) is 1.55. The fourth-order valence-electron chi connectivity index (χ4n) is 2.42. The van der Waals surface area contributed by atoms with E-state index in [1.165, 1.54) is 0 Å². The van der Waals surface area contributed by atoms with E-state index in [0.717, 1.165) is 37.9 Å². The van der Waals surface area contributed by atoms with Gasteiger partial charge in [0.15, 0.2) is 0 Å². The van der Waals surface area contributed by atoms with Gasteiger partial charge in [-0.2, -0.15) is 0 Å². The van der Waals surface area contributed by atoms with Gasteiger partial charge >= 0.3 is 0 Å². The van der Waals surface area contributed by atoms with Crippen LogP contribution < -0.4 is 16.6 Å². The highest BCUT2D eigenvalue weighted by atomic mass is 16.1. The molecular formula is C13H21N3O. The quantitative estimate of drug-likeness (QED) is 0.832. The molecule has 0 radical (unpaired) electrons. The fourth-order valence-corrected chi connectivity index (χ4v) is 2.42. The number of hydrogen-bond donors (Lipinski definition) is 2. The number of rotatable bonds is 4. The summed E-state index contributed by atoms with van der Waals surface area (Å²) in [6.45, 7) is 2.85. The molecule has 1 heterocycles. The largest absolute Gasteiger partial charge is 0.381 e. The molecule has 0 aliphatic heterocycles. The molecule has 17 heavy (non-hydrogen) atoms. The Kier molecular flexibility index (Phi) is 3.84. The molecule has 2 atom stereocenters. The number of nitrogens with zero attached hydrogens (tertiary/aromatic N) is 1. The van der Waals surface area contributed by atoms with Crippen molar-refractivity contribution in [3.8, 4) is 0 Å². The standard InChI is InChI=1S/C13H21N3O/c1-2-7-16-9-12(5-6-13(16)17)15-11-4-3-10(14)8-11/h5-6,9-11,15H,2-4,7-8,14H2,1H3. The second-order valence-electron chi connectivity index (χ2n) is 4.86. The van der Waals surface area contributed by atoms with Crippen molar-refractivity contribution in [3.05, 3.63) is 28.7 Å². The van der Waals surface area contributed by atoms with Gasteiger partial charge in [-0.05, 0) is 31.7 Å². The van der Waals surface area contributed by atoms with E-state index in [1.54, 1.807) is 10.6 Å². The minimum atomic E-state index is 0.0699. The lowest BCUT2D eigenvalue weighted by Gasteiger charge is -2.15. The van der Waals surface area contributed by atoms with Gasteiger partial charge in [-0.15, -0.1) is 0 Å². The van der Waals surface area contributed by atoms with E-state index in [9.17, 15) is 4.79 Å². The monoisotopic (exact) mass is 235 g/mol. The Morgan fingerprint density at radius 3 is 2.94 bits per heavy atom. The molecule has 2 unspecified atom stereocenters. The van der Waals surface area contributed by atoms with Crippen molar-refractivity contribution in [2.24, 2.45) is 5.73 Å². The Bertz CT molecular complexity index is 427. The molecule has 0 aromatic carbocycles. The van der Waals surface area contributed by atoms with Crippen molar-refractivity contribution in [1.29, 1.82) is 0 Å². The second kappa shape index (κ2) is 5.36. The van der Waals surface area contributed by atoms with Crippen LogP contribution in [-0.4, -0.2) is 16.7 Å². The number of anilines is 1. The molecule has 4 nitrogen and oxygen atoms in total. The van der Waals surface area contributed by atoms with E-state index < -0.39 is 0 Å². The normalized spacial score (nSPS) is 23.9. The van der Waals surface area contributed by atoms with Crippen molar-refractivity contribution in [2.45, 2.75) is 51.2 Å². The Morgan fingerprint density at radius 2 is 2.29 bits per heavy atom. The van der Waals surface area contributed by atoms with Crippen LogP contribution in [0.5, 0.6) is 0 Å². The number of pyridine rings is 1. The minimum absolute atomic E-state index is 0.0699. The van der Waals surface area contributed by atoms with Crippen molar-refractivity contribution in [1.82, 2.24) is 4.57 Å². The maximum absolute atomic E-state index is 11.6. The molecule has 94 valence electrons. The lowest BCUT2D eigenvalue weighted by Crippen LogP contribution is -2.23. The highest BCUT2D eigenvalue weighted by Gasteiger charge is 2.21. The molecule has 1 saturated carbocycles. The minimum Gasteiger partial charge on any atom is -0.381 e. The number of nitrogens with two attached hydrogens (primary N) is 1. The average molecular weight is 235 g/mol. The van der Waals surface area contributed by atoms with E-state index in [-0.39, 0.29) is 5.56 Å². The summed E-state index contributed by atoms with van der Waals surface area (Å²) in [6, 6.07) is 4.28. The fraction of sp³-hybridized carbons (Fsp3) is 0.615. The van der Waals surface area contributed by atoms with Crippen molar-refractivity contribution in [3.63, 3.8) is 0 Å². The van der Waals surface area contributed by atoms with E-state index >= 15 is 0 Å². The zero-order chi connectivity index (χ0) is 12.3. The Balaban J connectivity index is 2.06. The first kappa shape index (κ1) is 12.2. The summed E-state index contributed by atoms with van der Waals surface area (Å²) < 4.78 is 1.76. The second-order valence-corrected chi connectivity index (χ2v) is 4.86. The molecule has 0 amide bonds. The number of hydrogen-bond acceptors (Lipinski definition) is 3. The van der Waals surface area contributed by atoms with Gasteiger partial charge in [-0.3, -0.25) is 4.79 Å². The van der Waals surface area contributed by atoms with Gasteiger partial charge < -0.3 is 15.6 Å². The van der Waals surface area contributed by atoms with Gasteiger partial charge in [0.05, 0.1) is 5.69 Å². The first-order valence-electron chi connectivity index (χ1n) is 6.41. The molecule has 1 aromatic heterocycles. The SMILES string of the molecule is CCCn1cc(NC2CCC(N)C2)ccc1=O. The van der Waals surface area contributed by atoms with Gasteiger partial charge in [-0.25, -0.2) is 0 Å². The molecule has 0 saturated heterocycles. The molecular weight excluding hydrogens is 214 g/mol. The third kappa shape index (κ3) is 3.09. The highest BCUT2D eigenvalue weighted by Crippen LogP contribution is 2.21. The summed E-state index contributed by atoms with van der Waals surface area (Å²) in [7, 11) is 0. The van der Waals surface area contributed by atoms with Crippen LogP contribution in [-0.2, 0) is 6.54 Å². The predicted molar refractivity (Wildman–Crippen MR) is 70.2 cm³/mol. The molecule has 0 spiro atoms. The summed E-state index contributed by atoms with van der Waals surface area (Å²) in [5.41, 5.74) is 6.98. The summed E-state index contributed by atoms with van der Waals surface area (Å²) in [5, 5.41) is 3.46. The van der Waals surface area contributed by atoms with E-state index in [4.69, 9.17) is 5.73 Å². The van der Waals surface area contributed by atoms with Crippen LogP contribution in [0.15, 0.2) is 23.1 Å². The van der Waals surface area contributed by atoms with Crippen LogP contribution in [0, 0.1) is 0 Å². The maximum Gasteiger partial charge on any atom is 0.250 e. The number of nitrogens with one attached hydrogen (secondary N) is 1. The van der Waals surface area contributed by atoms with E-state index in [1.807, 2.05) is 12.3 Å². The molecule has 1 aliphatic carbocycles. The summed E-state index contributed by atoms with van der Waals surface area (Å²) in [5.74, 6) is 0. The number of aryl methyl sites for hydroxylation is 1. The van der Waals surface area contributed by atoms with E-state index in [0.29, 0.717) is 12.1 Å². The van der Waals surface area contributed by atoms with Crippen LogP contribution in [0.1, 0.15) is 32.6 Å². The first-order valence-corrected chi connectivity index (χ1v) is 6.41. The number of aromatic nitrogens is 1. The van der Waals surface area contributed by atoms with Crippen molar-refractivity contribution < 1.29 is 0 Å². The van der Waals surface area contributed by atoms with Crippen molar-refractivity contribution >= 4 is 5.69 Å². The Hall–Kier alpha value is -1.29. The molecule has 4 heteroatoms. The summed E-state index contributed by atoms with van der Waals surface area (Å²) in [4.78, 5) is 11.6. The molecule has 1 aromatic rings. The molecule has 0 bridgehead atoms. The van der Waals surface area contributed by atoms with Crippen LogP contribution >= 0.6 is 0 Å². The highest BCUT2D eigenvalue weighted by molar-refractivity contribution is 5.41. The summed E-state index contributed by atoms with van der Waals surface area (Å²) >= 11 is 0. The summed E-state index contributed by atoms with van der Waals surface area (Å²) in [6.07, 6.45) is 6.11. The van der Waals surface area contributed by atoms with Gasteiger partial charge in [0.2, 0.25) is 0 Å². The lowest BCUT2D eigenvalue weighted by atomic mass is 10.2. The third-order valence-electron chi connectivity index (χ3n) is 3.29. The average Bonchev–Trinajstić information content (AvgIpc) is 2.69. The Morgan fingerprint density at radius 1 is 1.47 bits per heavy atom. The van der Waals surface area contributed by atoms with Crippen LogP contribution in [0.3, 0.4) is 0 Å². The molecule has 1 fully saturated rings. The first-order chi connectivity index (χ1) is 8.19. The van der Waals surface area contributed by atoms with Gasteiger partial charge in [-0.1, -0.05) is 6.92 Å². The van der Waals surface area contributed by atoms with Crippen molar-refractivity contribution in [2.75, 3.05) is 5.32 Å². The lowest BCUT2D eigenvalue weighted by molar-refractivity contribution is 0.651. The smallest absolute Gasteiger partial charge is 0.250 e. The van der Waals surface area contributed by atoms with Gasteiger partial charge in [0.25, 0.3) is 5.56 Å². The van der Waals surface area contributed by atoms with E-state index in [2.05, 4.69) is 12.2 Å². The molecule has 3 N–H and O–H groups in total. The molecule has 1 aliphatic rings. The van der Waals surface area contributed by atoms with Crippen LogP contribution in [0.4, 0.5) is 5.69 Å². The zero-order valence-corrected chi connectivity index (χ0v) is 10.4. The van der Waals surface area contributed by atoms with Gasteiger partial charge in [0, 0.05) is 30.9 Å². The topological polar surface area (TPSA) is 60.1 Å². The van der Waals surface area contributed by atoms with Gasteiger partial charge in [0.1, 0.15) is 0 Å². The maximum atomic E-state index is 11.6. The molecule has 2 rings (SSSR count). The third-order valence-corrected chi connectivity index (χ3v) is 3.29.